The molecule has 1 saturated heterocycles. The van der Waals surface area contributed by atoms with Crippen LogP contribution < -0.4 is 0 Å². The van der Waals surface area contributed by atoms with Crippen LogP contribution in [0.4, 0.5) is 0 Å². The number of ether oxygens (including phenoxy) is 2. The maximum absolute atomic E-state index is 12.1. The molecular weight excluding hydrogens is 448 g/mol. The number of aliphatic hydroxyl groups excluding tert-OH is 1. The average Bonchev–Trinajstić information content (AvgIpc) is 3.44. The summed E-state index contributed by atoms with van der Waals surface area (Å²) in [5.41, 5.74) is 0.623. The van der Waals surface area contributed by atoms with Gasteiger partial charge in [-0.25, -0.2) is 9.97 Å². The van der Waals surface area contributed by atoms with E-state index in [1.807, 2.05) is 0 Å². The number of imidazole rings is 1. The van der Waals surface area contributed by atoms with Crippen LogP contribution in [0, 0.1) is 0 Å². The van der Waals surface area contributed by atoms with Crippen LogP contribution in [0.5, 0.6) is 5.88 Å². The molecule has 2 N–H and O–H groups in total. The fourth-order valence-electron chi connectivity index (χ4n) is 4.66. The smallest absolute Gasteiger partial charge is 0.305 e. The number of esters is 1. The summed E-state index contributed by atoms with van der Waals surface area (Å²) in [7, 11) is 0. The Balaban J connectivity index is 1.22. The molecule has 3 atom stereocenters. The first-order chi connectivity index (χ1) is 17.1. The molecule has 0 bridgehead atoms. The highest BCUT2D eigenvalue weighted by atomic mass is 16.6. The summed E-state index contributed by atoms with van der Waals surface area (Å²) in [5.74, 6) is -0.444. The molecular formula is C26H42N4O5. The predicted octanol–water partition coefficient (Wildman–Crippen LogP) is 5.20. The Morgan fingerprint density at radius 1 is 1.00 bits per heavy atom. The zero-order chi connectivity index (χ0) is 24.9. The molecule has 0 amide bonds. The first-order valence-corrected chi connectivity index (χ1v) is 13.5. The van der Waals surface area contributed by atoms with Crippen LogP contribution in [0.1, 0.15) is 109 Å². The topological polar surface area (TPSA) is 120 Å². The van der Waals surface area contributed by atoms with Crippen molar-refractivity contribution in [2.75, 3.05) is 6.61 Å². The van der Waals surface area contributed by atoms with Crippen molar-refractivity contribution in [3.8, 4) is 5.88 Å². The molecule has 9 heteroatoms. The van der Waals surface area contributed by atoms with Gasteiger partial charge in [-0.2, -0.15) is 4.98 Å². The van der Waals surface area contributed by atoms with Gasteiger partial charge in [0.05, 0.1) is 12.4 Å². The predicted molar refractivity (Wildman–Crippen MR) is 133 cm³/mol. The molecule has 9 nitrogen and oxygen atoms in total. The molecule has 2 aromatic heterocycles. The number of fused-ring (bicyclic) bond motifs is 1. The molecule has 35 heavy (non-hydrogen) atoms. The Kier molecular flexibility index (Phi) is 11.7. The van der Waals surface area contributed by atoms with Gasteiger partial charge in [0.25, 0.3) is 0 Å². The zero-order valence-electron chi connectivity index (χ0n) is 21.1. The molecule has 0 unspecified atom stereocenters. The number of carbonyl (C=O) groups is 1. The highest BCUT2D eigenvalue weighted by Crippen LogP contribution is 2.32. The van der Waals surface area contributed by atoms with Crippen LogP contribution >= 0.6 is 0 Å². The third-order valence-electron chi connectivity index (χ3n) is 6.69. The van der Waals surface area contributed by atoms with Gasteiger partial charge in [0, 0.05) is 12.8 Å². The van der Waals surface area contributed by atoms with E-state index in [1.54, 1.807) is 4.57 Å². The molecule has 1 aliphatic rings. The van der Waals surface area contributed by atoms with Crippen LogP contribution in [0.25, 0.3) is 11.2 Å². The standard InChI is InChI=1S/C26H42N4O5/c1-2-3-4-5-6-7-8-9-10-11-12-13-14-15-22(32)34-17-20-16-21(31)26(35-20)30-19-29-23-24(30)27-18-28-25(23)33/h18-21,26,31H,2-17H2,1H3,(H,27,28,33)/t20-,21+,26+/m0/s1. The number of carbonyl (C=O) groups excluding carboxylic acids is 1. The Morgan fingerprint density at radius 2 is 1.63 bits per heavy atom. The lowest BCUT2D eigenvalue weighted by Gasteiger charge is -2.16. The van der Waals surface area contributed by atoms with Crippen molar-refractivity contribution in [1.29, 1.82) is 0 Å². The van der Waals surface area contributed by atoms with Gasteiger partial charge in [-0.1, -0.05) is 84.0 Å². The molecule has 0 spiro atoms. The first-order valence-electron chi connectivity index (χ1n) is 13.5. The molecule has 0 saturated carbocycles. The molecule has 3 rings (SSSR count). The van der Waals surface area contributed by atoms with Crippen LogP contribution in [0.15, 0.2) is 12.7 Å². The van der Waals surface area contributed by atoms with E-state index in [2.05, 4.69) is 21.9 Å². The van der Waals surface area contributed by atoms with Gasteiger partial charge >= 0.3 is 5.97 Å². The Hall–Kier alpha value is -2.26. The Labute approximate surface area is 208 Å². The van der Waals surface area contributed by atoms with Gasteiger partial charge in [0.15, 0.2) is 17.4 Å². The summed E-state index contributed by atoms with van der Waals surface area (Å²) in [6, 6.07) is 0. The maximum atomic E-state index is 12.1. The number of aromatic hydroxyl groups is 1. The van der Waals surface area contributed by atoms with E-state index in [9.17, 15) is 15.0 Å². The van der Waals surface area contributed by atoms with Crippen LogP contribution in [0.2, 0.25) is 0 Å². The summed E-state index contributed by atoms with van der Waals surface area (Å²) in [5, 5.41) is 20.2. The molecule has 3 heterocycles. The van der Waals surface area contributed by atoms with Crippen LogP contribution in [-0.2, 0) is 14.3 Å². The van der Waals surface area contributed by atoms with Crippen molar-refractivity contribution in [2.45, 2.75) is 122 Å². The highest BCUT2D eigenvalue weighted by molar-refractivity contribution is 5.75. The second-order valence-corrected chi connectivity index (χ2v) is 9.65. The molecule has 1 fully saturated rings. The van der Waals surface area contributed by atoms with Gasteiger partial charge in [-0.3, -0.25) is 9.36 Å². The van der Waals surface area contributed by atoms with E-state index in [1.165, 1.54) is 83.3 Å². The van der Waals surface area contributed by atoms with Crippen molar-refractivity contribution in [3.05, 3.63) is 12.7 Å². The van der Waals surface area contributed by atoms with E-state index in [0.29, 0.717) is 18.5 Å². The van der Waals surface area contributed by atoms with E-state index < -0.39 is 18.4 Å². The monoisotopic (exact) mass is 490 g/mol. The number of aromatic nitrogens is 4. The Morgan fingerprint density at radius 3 is 2.29 bits per heavy atom. The van der Waals surface area contributed by atoms with Crippen molar-refractivity contribution < 1.29 is 24.5 Å². The molecule has 0 radical (unpaired) electrons. The molecule has 196 valence electrons. The minimum absolute atomic E-state index is 0.109. The number of aliphatic hydroxyl groups is 1. The van der Waals surface area contributed by atoms with Gasteiger partial charge in [0.2, 0.25) is 5.88 Å². The van der Waals surface area contributed by atoms with Crippen LogP contribution in [-0.4, -0.2) is 54.5 Å². The minimum Gasteiger partial charge on any atom is -0.492 e. The second kappa shape index (κ2) is 15.0. The maximum Gasteiger partial charge on any atom is 0.305 e. The summed E-state index contributed by atoms with van der Waals surface area (Å²) >= 11 is 0. The fourth-order valence-corrected chi connectivity index (χ4v) is 4.66. The van der Waals surface area contributed by atoms with E-state index in [4.69, 9.17) is 9.47 Å². The second-order valence-electron chi connectivity index (χ2n) is 9.65. The van der Waals surface area contributed by atoms with E-state index in [0.717, 1.165) is 12.8 Å². The number of rotatable bonds is 17. The fraction of sp³-hybridized carbons (Fsp3) is 0.769. The molecule has 1 aliphatic heterocycles. The third kappa shape index (κ3) is 8.72. The lowest BCUT2D eigenvalue weighted by atomic mass is 10.0. The van der Waals surface area contributed by atoms with Gasteiger partial charge in [-0.15, -0.1) is 0 Å². The van der Waals surface area contributed by atoms with E-state index in [-0.39, 0.29) is 24.0 Å². The average molecular weight is 491 g/mol. The van der Waals surface area contributed by atoms with Crippen molar-refractivity contribution in [3.63, 3.8) is 0 Å². The SMILES string of the molecule is CCCCCCCCCCCCCCCC(=O)OC[C@@H]1C[C@@H](O)[C@H](n2cnc3c(O)ncnc32)O1. The number of unbranched alkanes of at least 4 members (excludes halogenated alkanes) is 12. The number of hydrogen-bond donors (Lipinski definition) is 2. The summed E-state index contributed by atoms with van der Waals surface area (Å²) in [6.07, 6.45) is 18.0. The first kappa shape index (κ1) is 27.3. The molecule has 0 aromatic carbocycles. The van der Waals surface area contributed by atoms with Crippen LogP contribution in [0.3, 0.4) is 0 Å². The zero-order valence-corrected chi connectivity index (χ0v) is 21.1. The highest BCUT2D eigenvalue weighted by Gasteiger charge is 2.37. The van der Waals surface area contributed by atoms with Crippen molar-refractivity contribution in [1.82, 2.24) is 19.5 Å². The summed E-state index contributed by atoms with van der Waals surface area (Å²) in [4.78, 5) is 24.0. The summed E-state index contributed by atoms with van der Waals surface area (Å²) in [6.45, 7) is 2.36. The summed E-state index contributed by atoms with van der Waals surface area (Å²) < 4.78 is 12.8. The van der Waals surface area contributed by atoms with Gasteiger partial charge < -0.3 is 19.7 Å². The number of hydrogen-bond acceptors (Lipinski definition) is 8. The Bertz CT molecular complexity index is 890. The van der Waals surface area contributed by atoms with Gasteiger partial charge in [0.1, 0.15) is 19.0 Å². The number of nitrogens with zero attached hydrogens (tertiary/aromatic N) is 4. The van der Waals surface area contributed by atoms with Crippen molar-refractivity contribution >= 4 is 17.1 Å². The normalized spacial score (nSPS) is 20.0. The lowest BCUT2D eigenvalue weighted by molar-refractivity contribution is -0.148. The molecule has 2 aromatic rings. The van der Waals surface area contributed by atoms with Crippen molar-refractivity contribution in [2.24, 2.45) is 0 Å². The van der Waals surface area contributed by atoms with Gasteiger partial charge in [-0.05, 0) is 6.42 Å². The lowest BCUT2D eigenvalue weighted by Crippen LogP contribution is -2.20. The largest absolute Gasteiger partial charge is 0.492 e. The molecule has 0 aliphatic carbocycles. The van der Waals surface area contributed by atoms with E-state index >= 15 is 0 Å². The quantitative estimate of drug-likeness (QED) is 0.229. The third-order valence-corrected chi connectivity index (χ3v) is 6.69. The minimum atomic E-state index is -0.797.